The first-order chi connectivity index (χ1) is 11.1. The molecule has 2 heterocycles. The monoisotopic (exact) mass is 335 g/mol. The highest BCUT2D eigenvalue weighted by atomic mass is 16.6. The maximum atomic E-state index is 12.3. The van der Waals surface area contributed by atoms with Gasteiger partial charge in [0.2, 0.25) is 0 Å². The second-order valence-electron chi connectivity index (χ2n) is 7.69. The third-order valence-electron chi connectivity index (χ3n) is 4.11. The van der Waals surface area contributed by atoms with Gasteiger partial charge in [-0.25, -0.2) is 4.79 Å². The quantitative estimate of drug-likeness (QED) is 0.834. The molecule has 1 aromatic rings. The Bertz CT molecular complexity index is 646. The summed E-state index contributed by atoms with van der Waals surface area (Å²) in [4.78, 5) is 28.4. The number of hydrogen-bond acceptors (Lipinski definition) is 4. The number of hydrogen-bond donors (Lipinski definition) is 0. The molecular formula is C18H29N3O3. The van der Waals surface area contributed by atoms with Crippen molar-refractivity contribution in [2.75, 3.05) is 24.5 Å². The van der Waals surface area contributed by atoms with Gasteiger partial charge in [0.15, 0.2) is 0 Å². The first kappa shape index (κ1) is 18.4. The van der Waals surface area contributed by atoms with E-state index in [0.29, 0.717) is 19.6 Å². The van der Waals surface area contributed by atoms with Crippen LogP contribution in [0.3, 0.4) is 0 Å². The minimum Gasteiger partial charge on any atom is -0.444 e. The number of piperazine rings is 1. The van der Waals surface area contributed by atoms with Crippen molar-refractivity contribution >= 4 is 11.8 Å². The van der Waals surface area contributed by atoms with E-state index in [1.165, 1.54) is 0 Å². The summed E-state index contributed by atoms with van der Waals surface area (Å²) >= 11 is 0. The van der Waals surface area contributed by atoms with Gasteiger partial charge in [-0.3, -0.25) is 4.79 Å². The Hall–Kier alpha value is -1.98. The van der Waals surface area contributed by atoms with Crippen LogP contribution >= 0.6 is 0 Å². The first-order valence-electron chi connectivity index (χ1n) is 8.55. The van der Waals surface area contributed by atoms with Crippen molar-refractivity contribution in [1.82, 2.24) is 9.47 Å². The number of anilines is 1. The van der Waals surface area contributed by atoms with Crippen molar-refractivity contribution in [3.05, 3.63) is 28.7 Å². The molecule has 0 saturated carbocycles. The van der Waals surface area contributed by atoms with E-state index in [1.807, 2.05) is 53.8 Å². The van der Waals surface area contributed by atoms with Crippen LogP contribution < -0.4 is 10.5 Å². The lowest BCUT2D eigenvalue weighted by Crippen LogP contribution is -2.55. The van der Waals surface area contributed by atoms with Gasteiger partial charge >= 0.3 is 6.09 Å². The summed E-state index contributed by atoms with van der Waals surface area (Å²) in [5.41, 5.74) is 0.423. The van der Waals surface area contributed by atoms with Crippen molar-refractivity contribution in [1.29, 1.82) is 0 Å². The van der Waals surface area contributed by atoms with Crippen LogP contribution in [-0.4, -0.2) is 46.8 Å². The van der Waals surface area contributed by atoms with Gasteiger partial charge in [-0.2, -0.15) is 0 Å². The van der Waals surface area contributed by atoms with Crippen LogP contribution in [0, 0.1) is 0 Å². The third-order valence-corrected chi connectivity index (χ3v) is 4.11. The van der Waals surface area contributed by atoms with Crippen molar-refractivity contribution in [3.63, 3.8) is 0 Å². The van der Waals surface area contributed by atoms with Crippen LogP contribution in [0.15, 0.2) is 23.1 Å². The maximum Gasteiger partial charge on any atom is 0.410 e. The summed E-state index contributed by atoms with van der Waals surface area (Å²) in [5.74, 6) is 0. The third kappa shape index (κ3) is 4.30. The van der Waals surface area contributed by atoms with Gasteiger partial charge in [-0.15, -0.1) is 0 Å². The molecule has 134 valence electrons. The number of ether oxygens (including phenoxy) is 1. The van der Waals surface area contributed by atoms with Crippen LogP contribution in [0.2, 0.25) is 0 Å². The SMILES string of the molecule is CC1CN(c2ccn(C(C)C)c(=O)c2)CCN1C(=O)OC(C)(C)C. The van der Waals surface area contributed by atoms with Gasteiger partial charge < -0.3 is 19.1 Å². The Kier molecular flexibility index (Phi) is 5.26. The molecule has 0 N–H and O–H groups in total. The maximum absolute atomic E-state index is 12.3. The average Bonchev–Trinajstić information content (AvgIpc) is 2.44. The average molecular weight is 335 g/mol. The van der Waals surface area contributed by atoms with Gasteiger partial charge in [0.1, 0.15) is 5.60 Å². The molecule has 1 aliphatic rings. The lowest BCUT2D eigenvalue weighted by Gasteiger charge is -2.41. The summed E-state index contributed by atoms with van der Waals surface area (Å²) in [6.45, 7) is 13.6. The molecule has 1 unspecified atom stereocenters. The van der Waals surface area contributed by atoms with E-state index in [2.05, 4.69) is 4.90 Å². The highest BCUT2D eigenvalue weighted by Gasteiger charge is 2.31. The zero-order valence-electron chi connectivity index (χ0n) is 15.6. The van der Waals surface area contributed by atoms with Gasteiger partial charge in [-0.1, -0.05) is 0 Å². The lowest BCUT2D eigenvalue weighted by molar-refractivity contribution is 0.0159. The fourth-order valence-electron chi connectivity index (χ4n) is 2.89. The van der Waals surface area contributed by atoms with Crippen LogP contribution in [0.25, 0.3) is 0 Å². The highest BCUT2D eigenvalue weighted by molar-refractivity contribution is 5.69. The largest absolute Gasteiger partial charge is 0.444 e. The number of amides is 1. The van der Waals surface area contributed by atoms with Crippen LogP contribution in [-0.2, 0) is 4.74 Å². The minimum atomic E-state index is -0.491. The fraction of sp³-hybridized carbons (Fsp3) is 0.667. The van der Waals surface area contributed by atoms with Gasteiger partial charge in [0, 0.05) is 49.7 Å². The molecule has 0 aromatic carbocycles. The zero-order valence-corrected chi connectivity index (χ0v) is 15.6. The minimum absolute atomic E-state index is 0.00437. The Morgan fingerprint density at radius 3 is 2.46 bits per heavy atom. The molecule has 1 atom stereocenters. The number of carbonyl (C=O) groups excluding carboxylic acids is 1. The van der Waals surface area contributed by atoms with Crippen LogP contribution in [0.1, 0.15) is 47.6 Å². The molecule has 1 aromatic heterocycles. The molecule has 6 nitrogen and oxygen atoms in total. The molecule has 1 saturated heterocycles. The molecule has 0 bridgehead atoms. The summed E-state index contributed by atoms with van der Waals surface area (Å²) in [6, 6.07) is 3.82. The summed E-state index contributed by atoms with van der Waals surface area (Å²) in [7, 11) is 0. The van der Waals surface area contributed by atoms with Gasteiger partial charge in [-0.05, 0) is 47.6 Å². The summed E-state index contributed by atoms with van der Waals surface area (Å²) in [5, 5.41) is 0. The molecule has 1 amide bonds. The summed E-state index contributed by atoms with van der Waals surface area (Å²) in [6.07, 6.45) is 1.57. The Labute approximate surface area is 144 Å². The van der Waals surface area contributed by atoms with Crippen molar-refractivity contribution < 1.29 is 9.53 Å². The van der Waals surface area contributed by atoms with E-state index in [9.17, 15) is 9.59 Å². The number of nitrogens with zero attached hydrogens (tertiary/aromatic N) is 3. The van der Waals surface area contributed by atoms with Crippen molar-refractivity contribution in [3.8, 4) is 0 Å². The fourth-order valence-corrected chi connectivity index (χ4v) is 2.89. The molecule has 0 aliphatic carbocycles. The topological polar surface area (TPSA) is 54.8 Å². The predicted molar refractivity (Wildman–Crippen MR) is 95.7 cm³/mol. The van der Waals surface area contributed by atoms with E-state index in [4.69, 9.17) is 4.74 Å². The van der Waals surface area contributed by atoms with Crippen LogP contribution in [0.5, 0.6) is 0 Å². The molecule has 2 rings (SSSR count). The smallest absolute Gasteiger partial charge is 0.410 e. The molecular weight excluding hydrogens is 306 g/mol. The van der Waals surface area contributed by atoms with Crippen LogP contribution in [0.4, 0.5) is 10.5 Å². The van der Waals surface area contributed by atoms with E-state index in [-0.39, 0.29) is 23.7 Å². The van der Waals surface area contributed by atoms with E-state index >= 15 is 0 Å². The molecule has 0 radical (unpaired) electrons. The van der Waals surface area contributed by atoms with Crippen molar-refractivity contribution in [2.45, 2.75) is 59.2 Å². The van der Waals surface area contributed by atoms with E-state index in [0.717, 1.165) is 5.69 Å². The zero-order chi connectivity index (χ0) is 18.1. The number of rotatable bonds is 2. The number of pyridine rings is 1. The molecule has 1 aliphatic heterocycles. The van der Waals surface area contributed by atoms with Gasteiger partial charge in [0.05, 0.1) is 0 Å². The number of aromatic nitrogens is 1. The lowest BCUT2D eigenvalue weighted by atomic mass is 10.1. The Morgan fingerprint density at radius 2 is 1.96 bits per heavy atom. The van der Waals surface area contributed by atoms with Gasteiger partial charge in [0.25, 0.3) is 5.56 Å². The second kappa shape index (κ2) is 6.87. The standard InChI is InChI=1S/C18H29N3O3/c1-13(2)20-8-7-15(11-16(20)22)19-9-10-21(14(3)12-19)17(23)24-18(4,5)6/h7-8,11,13-14H,9-10,12H2,1-6H3. The predicted octanol–water partition coefficient (Wildman–Crippen LogP) is 2.87. The van der Waals surface area contributed by atoms with E-state index < -0.39 is 5.60 Å². The Morgan fingerprint density at radius 1 is 1.29 bits per heavy atom. The molecule has 6 heteroatoms. The Balaban J connectivity index is 2.07. The molecule has 24 heavy (non-hydrogen) atoms. The molecule has 1 fully saturated rings. The number of carbonyl (C=O) groups is 1. The van der Waals surface area contributed by atoms with E-state index in [1.54, 1.807) is 15.5 Å². The molecule has 0 spiro atoms. The summed E-state index contributed by atoms with van der Waals surface area (Å²) < 4.78 is 7.18. The van der Waals surface area contributed by atoms with Crippen molar-refractivity contribution in [2.24, 2.45) is 0 Å². The first-order valence-corrected chi connectivity index (χ1v) is 8.55. The normalized spacial score (nSPS) is 18.9. The highest BCUT2D eigenvalue weighted by Crippen LogP contribution is 2.20. The second-order valence-corrected chi connectivity index (χ2v) is 7.69.